The molecule has 112 valence electrons. The number of aryl methyl sites for hydroxylation is 2. The van der Waals surface area contributed by atoms with Gasteiger partial charge in [-0.15, -0.1) is 0 Å². The molecule has 0 heterocycles. The number of hydrogen-bond donors (Lipinski definition) is 1. The zero-order chi connectivity index (χ0) is 14.5. The van der Waals surface area contributed by atoms with Crippen molar-refractivity contribution in [3.63, 3.8) is 0 Å². The summed E-state index contributed by atoms with van der Waals surface area (Å²) in [4.78, 5) is 2.44. The molecule has 0 saturated heterocycles. The van der Waals surface area contributed by atoms with E-state index in [4.69, 9.17) is 0 Å². The van der Waals surface area contributed by atoms with Crippen molar-refractivity contribution in [1.29, 1.82) is 0 Å². The molecule has 1 aromatic carbocycles. The monoisotopic (exact) mass is 274 g/mol. The number of rotatable bonds is 5. The number of nitrogens with one attached hydrogen (secondary N) is 1. The highest BCUT2D eigenvalue weighted by atomic mass is 15.1. The van der Waals surface area contributed by atoms with E-state index in [0.717, 1.165) is 12.5 Å². The summed E-state index contributed by atoms with van der Waals surface area (Å²) in [6.07, 6.45) is 5.50. The molecule has 0 spiro atoms. The number of anilines is 1. The molecule has 1 aliphatic rings. The van der Waals surface area contributed by atoms with Crippen LogP contribution in [0.1, 0.15) is 43.7 Å². The van der Waals surface area contributed by atoms with Crippen molar-refractivity contribution in [3.05, 3.63) is 29.3 Å². The molecular weight excluding hydrogens is 244 g/mol. The molecule has 2 rings (SSSR count). The molecule has 1 aliphatic carbocycles. The Morgan fingerprint density at radius 2 is 1.75 bits per heavy atom. The van der Waals surface area contributed by atoms with E-state index in [-0.39, 0.29) is 0 Å². The summed E-state index contributed by atoms with van der Waals surface area (Å²) in [6, 6.07) is 7.57. The summed E-state index contributed by atoms with van der Waals surface area (Å²) in [5.74, 6) is 0.787. The van der Waals surface area contributed by atoms with E-state index in [1.54, 1.807) is 0 Å². The van der Waals surface area contributed by atoms with Crippen LogP contribution >= 0.6 is 0 Å². The van der Waals surface area contributed by atoms with Gasteiger partial charge >= 0.3 is 0 Å². The Hall–Kier alpha value is -1.02. The number of hydrogen-bond acceptors (Lipinski definition) is 2. The molecule has 0 aliphatic heterocycles. The quantitative estimate of drug-likeness (QED) is 0.876. The third kappa shape index (κ3) is 3.99. The zero-order valence-electron chi connectivity index (χ0n) is 13.6. The van der Waals surface area contributed by atoms with Crippen LogP contribution < -0.4 is 10.2 Å². The van der Waals surface area contributed by atoms with E-state index >= 15 is 0 Å². The van der Waals surface area contributed by atoms with E-state index < -0.39 is 0 Å². The van der Waals surface area contributed by atoms with Gasteiger partial charge in [0.1, 0.15) is 0 Å². The van der Waals surface area contributed by atoms with Gasteiger partial charge in [-0.2, -0.15) is 0 Å². The normalized spacial score (nSPS) is 22.8. The highest BCUT2D eigenvalue weighted by Crippen LogP contribution is 2.27. The third-order valence-corrected chi connectivity index (χ3v) is 4.53. The first-order chi connectivity index (χ1) is 9.60. The second-order valence-corrected chi connectivity index (χ2v) is 6.44. The maximum Gasteiger partial charge on any atom is 0.0369 e. The molecule has 0 amide bonds. The molecule has 1 fully saturated rings. The summed E-state index contributed by atoms with van der Waals surface area (Å²) in [5, 5.41) is 3.69. The topological polar surface area (TPSA) is 15.3 Å². The molecule has 2 atom stereocenters. The highest BCUT2D eigenvalue weighted by molar-refractivity contribution is 5.50. The molecule has 2 heteroatoms. The lowest BCUT2D eigenvalue weighted by atomic mass is 9.84. The lowest BCUT2D eigenvalue weighted by Crippen LogP contribution is -2.43. The molecule has 1 saturated carbocycles. The van der Waals surface area contributed by atoms with Gasteiger partial charge < -0.3 is 10.2 Å². The van der Waals surface area contributed by atoms with Crippen LogP contribution in [0.2, 0.25) is 0 Å². The summed E-state index contributed by atoms with van der Waals surface area (Å²) in [5.41, 5.74) is 4.08. The van der Waals surface area contributed by atoms with Crippen LogP contribution in [0.4, 0.5) is 5.69 Å². The van der Waals surface area contributed by atoms with Crippen molar-refractivity contribution >= 4 is 5.69 Å². The van der Waals surface area contributed by atoms with E-state index in [9.17, 15) is 0 Å². The Labute approximate surface area is 124 Å². The predicted octanol–water partition coefficient (Wildman–Crippen LogP) is 3.91. The van der Waals surface area contributed by atoms with E-state index in [1.165, 1.54) is 49.0 Å². The largest absolute Gasteiger partial charge is 0.374 e. The van der Waals surface area contributed by atoms with Crippen LogP contribution in [0.15, 0.2) is 18.2 Å². The SMILES string of the molecule is CCNC1CCCCC1CN(C)c1cc(C)cc(C)c1. The molecule has 1 N–H and O–H groups in total. The molecule has 0 radical (unpaired) electrons. The minimum atomic E-state index is 0.710. The van der Waals surface area contributed by atoms with Crippen molar-refractivity contribution < 1.29 is 0 Å². The average Bonchev–Trinajstić information content (AvgIpc) is 2.40. The van der Waals surface area contributed by atoms with Gasteiger partial charge in [0.2, 0.25) is 0 Å². The minimum absolute atomic E-state index is 0.710. The van der Waals surface area contributed by atoms with E-state index in [1.807, 2.05) is 0 Å². The van der Waals surface area contributed by atoms with E-state index in [2.05, 4.69) is 56.2 Å². The Balaban J connectivity index is 2.03. The lowest BCUT2D eigenvalue weighted by molar-refractivity contribution is 0.269. The van der Waals surface area contributed by atoms with Crippen LogP contribution in [0, 0.1) is 19.8 Å². The number of nitrogens with zero attached hydrogens (tertiary/aromatic N) is 1. The van der Waals surface area contributed by atoms with Crippen LogP contribution in [-0.4, -0.2) is 26.2 Å². The van der Waals surface area contributed by atoms with Crippen LogP contribution in [0.5, 0.6) is 0 Å². The van der Waals surface area contributed by atoms with Gasteiger partial charge in [-0.1, -0.05) is 25.8 Å². The van der Waals surface area contributed by atoms with Crippen LogP contribution in [0.3, 0.4) is 0 Å². The number of benzene rings is 1. The van der Waals surface area contributed by atoms with Crippen molar-refractivity contribution in [2.75, 3.05) is 25.0 Å². The van der Waals surface area contributed by atoms with Gasteiger partial charge in [0.05, 0.1) is 0 Å². The average molecular weight is 274 g/mol. The Bertz CT molecular complexity index is 405. The Morgan fingerprint density at radius 3 is 2.40 bits per heavy atom. The van der Waals surface area contributed by atoms with Crippen molar-refractivity contribution in [3.8, 4) is 0 Å². The van der Waals surface area contributed by atoms with Gasteiger partial charge in [-0.25, -0.2) is 0 Å². The predicted molar refractivity (Wildman–Crippen MR) is 88.6 cm³/mol. The summed E-state index contributed by atoms with van der Waals surface area (Å²) < 4.78 is 0. The molecule has 0 aromatic heterocycles. The van der Waals surface area contributed by atoms with Gasteiger partial charge in [-0.3, -0.25) is 0 Å². The minimum Gasteiger partial charge on any atom is -0.374 e. The second kappa shape index (κ2) is 7.12. The summed E-state index contributed by atoms with van der Waals surface area (Å²) in [6.45, 7) is 8.85. The van der Waals surface area contributed by atoms with Crippen LogP contribution in [-0.2, 0) is 0 Å². The van der Waals surface area contributed by atoms with Gasteiger partial charge in [0, 0.05) is 25.3 Å². The van der Waals surface area contributed by atoms with Crippen molar-refractivity contribution in [2.45, 2.75) is 52.5 Å². The summed E-state index contributed by atoms with van der Waals surface area (Å²) >= 11 is 0. The smallest absolute Gasteiger partial charge is 0.0369 e. The first kappa shape index (κ1) is 15.4. The fraction of sp³-hybridized carbons (Fsp3) is 0.667. The second-order valence-electron chi connectivity index (χ2n) is 6.44. The van der Waals surface area contributed by atoms with E-state index in [0.29, 0.717) is 6.04 Å². The molecular formula is C18H30N2. The lowest BCUT2D eigenvalue weighted by Gasteiger charge is -2.35. The Kier molecular flexibility index (Phi) is 5.47. The zero-order valence-corrected chi connectivity index (χ0v) is 13.6. The maximum atomic E-state index is 3.69. The first-order valence-corrected chi connectivity index (χ1v) is 8.13. The van der Waals surface area contributed by atoms with Crippen molar-refractivity contribution in [1.82, 2.24) is 5.32 Å². The van der Waals surface area contributed by atoms with Gasteiger partial charge in [0.25, 0.3) is 0 Å². The molecule has 20 heavy (non-hydrogen) atoms. The summed E-state index contributed by atoms with van der Waals surface area (Å²) in [7, 11) is 2.24. The fourth-order valence-corrected chi connectivity index (χ4v) is 3.59. The van der Waals surface area contributed by atoms with Gasteiger partial charge in [-0.05, 0) is 62.4 Å². The maximum absolute atomic E-state index is 3.69. The van der Waals surface area contributed by atoms with Gasteiger partial charge in [0.15, 0.2) is 0 Å². The van der Waals surface area contributed by atoms with Crippen molar-refractivity contribution in [2.24, 2.45) is 5.92 Å². The molecule has 0 bridgehead atoms. The fourth-order valence-electron chi connectivity index (χ4n) is 3.59. The molecule has 2 nitrogen and oxygen atoms in total. The molecule has 2 unspecified atom stereocenters. The first-order valence-electron chi connectivity index (χ1n) is 8.13. The molecule has 1 aromatic rings. The highest BCUT2D eigenvalue weighted by Gasteiger charge is 2.25. The van der Waals surface area contributed by atoms with Crippen LogP contribution in [0.25, 0.3) is 0 Å². The standard InChI is InChI=1S/C18H30N2/c1-5-19-18-9-7-6-8-16(18)13-20(4)17-11-14(2)10-15(3)12-17/h10-12,16,18-19H,5-9,13H2,1-4H3. The Morgan fingerprint density at radius 1 is 1.10 bits per heavy atom. The third-order valence-electron chi connectivity index (χ3n) is 4.53.